The predicted molar refractivity (Wildman–Crippen MR) is 115 cm³/mol. The lowest BCUT2D eigenvalue weighted by atomic mass is 10.2. The van der Waals surface area contributed by atoms with Crippen molar-refractivity contribution in [2.24, 2.45) is 0 Å². The maximum absolute atomic E-state index is 13.0. The van der Waals surface area contributed by atoms with Gasteiger partial charge in [-0.1, -0.05) is 23.7 Å². The predicted octanol–water partition coefficient (Wildman–Crippen LogP) is 2.47. The van der Waals surface area contributed by atoms with Crippen LogP contribution in [-0.4, -0.2) is 49.5 Å². The Hall–Kier alpha value is -2.66. The third kappa shape index (κ3) is 4.11. The van der Waals surface area contributed by atoms with Crippen LogP contribution in [0.2, 0.25) is 5.02 Å². The first kappa shape index (κ1) is 21.6. The van der Waals surface area contributed by atoms with Gasteiger partial charge in [-0.3, -0.25) is 9.36 Å². The highest BCUT2D eigenvalue weighted by atomic mass is 35.5. The number of amides is 1. The second kappa shape index (κ2) is 8.46. The molecule has 1 fully saturated rings. The Labute approximate surface area is 183 Å². The van der Waals surface area contributed by atoms with Gasteiger partial charge in [0, 0.05) is 18.8 Å². The smallest absolute Gasteiger partial charge is 0.408 e. The van der Waals surface area contributed by atoms with E-state index in [1.807, 2.05) is 0 Å². The molecule has 1 atom stereocenters. The highest BCUT2D eigenvalue weighted by molar-refractivity contribution is 7.89. The normalized spacial score (nSPS) is 16.3. The van der Waals surface area contributed by atoms with Crippen LogP contribution in [0, 0.1) is 0 Å². The highest BCUT2D eigenvalue weighted by Gasteiger charge is 2.29. The van der Waals surface area contributed by atoms with E-state index in [-0.39, 0.29) is 28.7 Å². The molecule has 164 valence electrons. The molecule has 1 aromatic heterocycles. The van der Waals surface area contributed by atoms with E-state index in [4.69, 9.17) is 20.8 Å². The van der Waals surface area contributed by atoms with Gasteiger partial charge in [0.25, 0.3) is 0 Å². The zero-order chi connectivity index (χ0) is 22.2. The van der Waals surface area contributed by atoms with Gasteiger partial charge in [-0.25, -0.2) is 13.2 Å². The number of para-hydroxylation sites is 2. The van der Waals surface area contributed by atoms with Crippen molar-refractivity contribution in [2.75, 3.05) is 31.6 Å². The summed E-state index contributed by atoms with van der Waals surface area (Å²) in [5, 5.41) is 2.71. The number of halogens is 1. The molecule has 2 aromatic carbocycles. The van der Waals surface area contributed by atoms with Gasteiger partial charge in [0.1, 0.15) is 10.9 Å². The number of nitrogens with zero attached hydrogens (tertiary/aromatic N) is 2. The van der Waals surface area contributed by atoms with E-state index >= 15 is 0 Å². The number of hydrogen-bond donors (Lipinski definition) is 1. The Morgan fingerprint density at radius 3 is 2.61 bits per heavy atom. The van der Waals surface area contributed by atoms with Crippen LogP contribution in [0.25, 0.3) is 11.1 Å². The summed E-state index contributed by atoms with van der Waals surface area (Å²) in [7, 11) is -3.85. The number of rotatable bonds is 5. The Balaban J connectivity index is 1.61. The summed E-state index contributed by atoms with van der Waals surface area (Å²) in [5.41, 5.74) is 1.10. The molecule has 4 rings (SSSR count). The molecule has 0 bridgehead atoms. The average molecular weight is 466 g/mol. The topological polar surface area (TPSA) is 111 Å². The van der Waals surface area contributed by atoms with Crippen molar-refractivity contribution >= 4 is 44.3 Å². The third-order valence-corrected chi connectivity index (χ3v) is 7.45. The number of ether oxygens (including phenoxy) is 1. The summed E-state index contributed by atoms with van der Waals surface area (Å²) >= 11 is 6.16. The largest absolute Gasteiger partial charge is 0.420 e. The minimum absolute atomic E-state index is 0.0505. The number of anilines is 1. The van der Waals surface area contributed by atoms with Gasteiger partial charge in [-0.15, -0.1) is 0 Å². The van der Waals surface area contributed by atoms with Crippen molar-refractivity contribution in [3.8, 4) is 0 Å². The number of carbonyl (C=O) groups is 1. The molecule has 9 nitrogen and oxygen atoms in total. The average Bonchev–Trinajstić information content (AvgIpc) is 3.10. The number of hydrogen-bond acceptors (Lipinski definition) is 6. The Morgan fingerprint density at radius 1 is 1.16 bits per heavy atom. The minimum Gasteiger partial charge on any atom is -0.408 e. The van der Waals surface area contributed by atoms with E-state index in [2.05, 4.69) is 5.32 Å². The van der Waals surface area contributed by atoms with Gasteiger partial charge >= 0.3 is 5.76 Å². The van der Waals surface area contributed by atoms with E-state index in [1.54, 1.807) is 31.2 Å². The van der Waals surface area contributed by atoms with Crippen molar-refractivity contribution in [3.05, 3.63) is 58.0 Å². The van der Waals surface area contributed by atoms with Crippen LogP contribution in [-0.2, 0) is 19.6 Å². The van der Waals surface area contributed by atoms with Gasteiger partial charge in [0.2, 0.25) is 15.9 Å². The van der Waals surface area contributed by atoms with Crippen LogP contribution in [0.4, 0.5) is 5.69 Å². The lowest BCUT2D eigenvalue weighted by molar-refractivity contribution is -0.118. The number of aromatic nitrogens is 1. The van der Waals surface area contributed by atoms with Crippen LogP contribution >= 0.6 is 11.6 Å². The molecule has 1 N–H and O–H groups in total. The number of carbonyl (C=O) groups excluding carboxylic acids is 1. The molecule has 1 aliphatic rings. The lowest BCUT2D eigenvalue weighted by Crippen LogP contribution is -2.40. The molecular formula is C20H20ClN3O6S. The zero-order valence-electron chi connectivity index (χ0n) is 16.6. The number of morpholine rings is 1. The van der Waals surface area contributed by atoms with Gasteiger partial charge in [-0.05, 0) is 37.3 Å². The van der Waals surface area contributed by atoms with Crippen LogP contribution in [0.5, 0.6) is 0 Å². The fraction of sp³-hybridized carbons (Fsp3) is 0.300. The van der Waals surface area contributed by atoms with Crippen LogP contribution in [0.3, 0.4) is 0 Å². The van der Waals surface area contributed by atoms with Crippen LogP contribution < -0.4 is 11.1 Å². The second-order valence-corrected chi connectivity index (χ2v) is 9.35. The molecule has 31 heavy (non-hydrogen) atoms. The quantitative estimate of drug-likeness (QED) is 0.619. The van der Waals surface area contributed by atoms with Crippen molar-refractivity contribution in [3.63, 3.8) is 0 Å². The van der Waals surface area contributed by atoms with Crippen molar-refractivity contribution in [1.82, 2.24) is 8.87 Å². The van der Waals surface area contributed by atoms with Gasteiger partial charge in [0.05, 0.1) is 23.8 Å². The maximum atomic E-state index is 13.0. The second-order valence-electron chi connectivity index (χ2n) is 7.03. The maximum Gasteiger partial charge on any atom is 0.420 e. The number of oxazole rings is 1. The van der Waals surface area contributed by atoms with Crippen molar-refractivity contribution in [1.29, 1.82) is 0 Å². The van der Waals surface area contributed by atoms with E-state index in [0.29, 0.717) is 24.3 Å². The Bertz CT molecular complexity index is 1290. The third-order valence-electron chi connectivity index (χ3n) is 5.07. The SMILES string of the molecule is CC(C(=O)Nc1ccc(Cl)c(S(=O)(=O)N2CCOCC2)c1)n1c(=O)oc2ccccc21. The van der Waals surface area contributed by atoms with Crippen LogP contribution in [0.1, 0.15) is 13.0 Å². The molecule has 11 heteroatoms. The standard InChI is InChI=1S/C20H20ClN3O6S/c1-13(24-16-4-2-3-5-17(16)30-20(24)26)19(25)22-14-6-7-15(21)18(12-14)31(27,28)23-8-10-29-11-9-23/h2-7,12-13H,8-11H2,1H3,(H,22,25). The summed E-state index contributed by atoms with van der Waals surface area (Å²) in [6.07, 6.45) is 0. The molecule has 0 aliphatic carbocycles. The van der Waals surface area contributed by atoms with Gasteiger partial charge in [0.15, 0.2) is 5.58 Å². The monoisotopic (exact) mass is 465 g/mol. The Morgan fingerprint density at radius 2 is 1.87 bits per heavy atom. The van der Waals surface area contributed by atoms with E-state index < -0.39 is 27.7 Å². The highest BCUT2D eigenvalue weighted by Crippen LogP contribution is 2.29. The first-order valence-electron chi connectivity index (χ1n) is 9.57. The Kier molecular flexibility index (Phi) is 5.89. The number of sulfonamides is 1. The molecule has 1 saturated heterocycles. The molecule has 3 aromatic rings. The van der Waals surface area contributed by atoms with Crippen LogP contribution in [0.15, 0.2) is 56.6 Å². The van der Waals surface area contributed by atoms with Gasteiger partial charge in [-0.2, -0.15) is 4.31 Å². The molecule has 1 unspecified atom stereocenters. The summed E-state index contributed by atoms with van der Waals surface area (Å²) in [6.45, 7) is 2.61. The molecule has 0 saturated carbocycles. The zero-order valence-corrected chi connectivity index (χ0v) is 18.1. The molecule has 2 heterocycles. The number of fused-ring (bicyclic) bond motifs is 1. The first-order valence-corrected chi connectivity index (χ1v) is 11.4. The summed E-state index contributed by atoms with van der Waals surface area (Å²) < 4.78 is 38.9. The minimum atomic E-state index is -3.85. The lowest BCUT2D eigenvalue weighted by Gasteiger charge is -2.26. The van der Waals surface area contributed by atoms with E-state index in [9.17, 15) is 18.0 Å². The van der Waals surface area contributed by atoms with Gasteiger partial charge < -0.3 is 14.5 Å². The van der Waals surface area contributed by atoms with Crippen molar-refractivity contribution in [2.45, 2.75) is 17.9 Å². The first-order chi connectivity index (χ1) is 14.8. The summed E-state index contributed by atoms with van der Waals surface area (Å²) in [6, 6.07) is 10.1. The van der Waals surface area contributed by atoms with Crippen molar-refractivity contribution < 1.29 is 22.4 Å². The molecule has 0 radical (unpaired) electrons. The molecule has 0 spiro atoms. The fourth-order valence-corrected chi connectivity index (χ4v) is 5.33. The number of nitrogens with one attached hydrogen (secondary N) is 1. The summed E-state index contributed by atoms with van der Waals surface area (Å²) in [4.78, 5) is 25.0. The summed E-state index contributed by atoms with van der Waals surface area (Å²) in [5.74, 6) is -1.17. The fourth-order valence-electron chi connectivity index (χ4n) is 3.42. The molecule has 1 aliphatic heterocycles. The number of benzene rings is 2. The molecular weight excluding hydrogens is 446 g/mol. The van der Waals surface area contributed by atoms with E-state index in [0.717, 1.165) is 0 Å². The molecule has 1 amide bonds. The van der Waals surface area contributed by atoms with E-state index in [1.165, 1.54) is 27.1 Å².